The summed E-state index contributed by atoms with van der Waals surface area (Å²) in [4.78, 5) is 28.1. The molecule has 2 amide bonds. The van der Waals surface area contributed by atoms with Crippen LogP contribution in [0.2, 0.25) is 0 Å². The molecule has 0 aliphatic carbocycles. The molecule has 1 saturated heterocycles. The van der Waals surface area contributed by atoms with Gasteiger partial charge in [-0.05, 0) is 52.9 Å². The Morgan fingerprint density at radius 2 is 1.92 bits per heavy atom. The van der Waals surface area contributed by atoms with Crippen molar-refractivity contribution < 1.29 is 14.0 Å². The SMILES string of the molecule is O=C(CN1CCN(C(=O)c2ccco2)CC1)Nc1cccc(I)c1. The van der Waals surface area contributed by atoms with E-state index < -0.39 is 0 Å². The van der Waals surface area contributed by atoms with E-state index in [1.54, 1.807) is 17.0 Å². The Morgan fingerprint density at radius 3 is 2.58 bits per heavy atom. The minimum absolute atomic E-state index is 0.0391. The van der Waals surface area contributed by atoms with Gasteiger partial charge in [-0.1, -0.05) is 6.07 Å². The number of hydrogen-bond acceptors (Lipinski definition) is 4. The molecule has 7 heteroatoms. The van der Waals surface area contributed by atoms with Crippen LogP contribution in [0.3, 0.4) is 0 Å². The number of hydrogen-bond donors (Lipinski definition) is 1. The van der Waals surface area contributed by atoms with E-state index in [4.69, 9.17) is 4.42 Å². The van der Waals surface area contributed by atoms with E-state index >= 15 is 0 Å². The smallest absolute Gasteiger partial charge is 0.289 e. The van der Waals surface area contributed by atoms with Crippen molar-refractivity contribution in [2.45, 2.75) is 0 Å². The van der Waals surface area contributed by atoms with Gasteiger partial charge >= 0.3 is 0 Å². The van der Waals surface area contributed by atoms with E-state index in [1.165, 1.54) is 6.26 Å². The molecule has 1 aromatic carbocycles. The van der Waals surface area contributed by atoms with E-state index in [-0.39, 0.29) is 11.8 Å². The van der Waals surface area contributed by atoms with Crippen LogP contribution < -0.4 is 5.32 Å². The molecule has 6 nitrogen and oxygen atoms in total. The highest BCUT2D eigenvalue weighted by Crippen LogP contribution is 2.13. The summed E-state index contributed by atoms with van der Waals surface area (Å²) >= 11 is 2.21. The number of amides is 2. The van der Waals surface area contributed by atoms with Crippen molar-refractivity contribution in [2.75, 3.05) is 38.0 Å². The number of piperazine rings is 1. The summed E-state index contributed by atoms with van der Waals surface area (Å²) < 4.78 is 6.23. The zero-order valence-corrected chi connectivity index (χ0v) is 15.2. The number of furan rings is 1. The number of halogens is 1. The summed E-state index contributed by atoms with van der Waals surface area (Å²) in [6.07, 6.45) is 1.50. The largest absolute Gasteiger partial charge is 0.459 e. The van der Waals surface area contributed by atoms with E-state index in [1.807, 2.05) is 24.3 Å². The lowest BCUT2D eigenvalue weighted by Gasteiger charge is -2.33. The number of anilines is 1. The average Bonchev–Trinajstić information content (AvgIpc) is 3.09. The van der Waals surface area contributed by atoms with Gasteiger partial charge in [0.1, 0.15) is 0 Å². The Kier molecular flexibility index (Phi) is 5.52. The van der Waals surface area contributed by atoms with Crippen molar-refractivity contribution in [2.24, 2.45) is 0 Å². The average molecular weight is 439 g/mol. The van der Waals surface area contributed by atoms with Crippen molar-refractivity contribution in [3.05, 3.63) is 52.0 Å². The van der Waals surface area contributed by atoms with Gasteiger partial charge in [0, 0.05) is 35.4 Å². The second-order valence-corrected chi connectivity index (χ2v) is 6.85. The number of rotatable bonds is 4. The summed E-state index contributed by atoms with van der Waals surface area (Å²) in [6.45, 7) is 2.86. The van der Waals surface area contributed by atoms with E-state index in [2.05, 4.69) is 32.8 Å². The zero-order valence-electron chi connectivity index (χ0n) is 13.1. The lowest BCUT2D eigenvalue weighted by molar-refractivity contribution is -0.117. The quantitative estimate of drug-likeness (QED) is 0.743. The molecule has 0 spiro atoms. The maximum absolute atomic E-state index is 12.2. The third kappa shape index (κ3) is 4.35. The van der Waals surface area contributed by atoms with Gasteiger partial charge < -0.3 is 14.6 Å². The van der Waals surface area contributed by atoms with Gasteiger partial charge in [0.05, 0.1) is 12.8 Å². The summed E-state index contributed by atoms with van der Waals surface area (Å²) in [5, 5.41) is 2.91. The molecule has 2 heterocycles. The first-order chi connectivity index (χ1) is 11.6. The first-order valence-electron chi connectivity index (χ1n) is 7.72. The van der Waals surface area contributed by atoms with E-state index in [0.29, 0.717) is 38.5 Å². The fourth-order valence-corrected chi connectivity index (χ4v) is 3.18. The molecule has 1 aliphatic rings. The van der Waals surface area contributed by atoms with Gasteiger partial charge in [-0.25, -0.2) is 0 Å². The Bertz CT molecular complexity index is 710. The van der Waals surface area contributed by atoms with Gasteiger partial charge in [0.2, 0.25) is 5.91 Å². The fraction of sp³-hybridized carbons (Fsp3) is 0.294. The first-order valence-corrected chi connectivity index (χ1v) is 8.80. The van der Waals surface area contributed by atoms with Gasteiger partial charge in [-0.3, -0.25) is 14.5 Å². The van der Waals surface area contributed by atoms with Gasteiger partial charge in [-0.2, -0.15) is 0 Å². The molecule has 1 N–H and O–H groups in total. The molecule has 1 aliphatic heterocycles. The summed E-state index contributed by atoms with van der Waals surface area (Å²) in [7, 11) is 0. The highest BCUT2D eigenvalue weighted by molar-refractivity contribution is 14.1. The predicted octanol–water partition coefficient (Wildman–Crippen LogP) is 2.28. The second kappa shape index (κ2) is 7.80. The lowest BCUT2D eigenvalue weighted by Crippen LogP contribution is -2.50. The van der Waals surface area contributed by atoms with Gasteiger partial charge in [0.25, 0.3) is 5.91 Å². The van der Waals surface area contributed by atoms with Crippen LogP contribution in [-0.2, 0) is 4.79 Å². The third-order valence-electron chi connectivity index (χ3n) is 3.87. The molecular weight excluding hydrogens is 421 g/mol. The Morgan fingerprint density at radius 1 is 1.12 bits per heavy atom. The molecule has 2 aromatic rings. The maximum Gasteiger partial charge on any atom is 0.289 e. The van der Waals surface area contributed by atoms with Crippen LogP contribution in [0.15, 0.2) is 47.1 Å². The Balaban J connectivity index is 1.47. The second-order valence-electron chi connectivity index (χ2n) is 5.60. The van der Waals surface area contributed by atoms with Crippen molar-refractivity contribution >= 4 is 40.1 Å². The van der Waals surface area contributed by atoms with E-state index in [9.17, 15) is 9.59 Å². The lowest BCUT2D eigenvalue weighted by atomic mass is 10.2. The molecule has 0 bridgehead atoms. The van der Waals surface area contributed by atoms with Crippen molar-refractivity contribution in [1.82, 2.24) is 9.80 Å². The molecule has 0 radical (unpaired) electrons. The number of carbonyl (C=O) groups is 2. The van der Waals surface area contributed by atoms with Gasteiger partial charge in [0.15, 0.2) is 5.76 Å². The van der Waals surface area contributed by atoms with Crippen LogP contribution in [0.25, 0.3) is 0 Å². The monoisotopic (exact) mass is 439 g/mol. The Labute approximate surface area is 153 Å². The molecule has 24 heavy (non-hydrogen) atoms. The van der Waals surface area contributed by atoms with Crippen molar-refractivity contribution in [1.29, 1.82) is 0 Å². The standard InChI is InChI=1S/C17H18IN3O3/c18-13-3-1-4-14(11-13)19-16(22)12-20-6-8-21(9-7-20)17(23)15-5-2-10-24-15/h1-5,10-11H,6-9,12H2,(H,19,22). The number of nitrogens with zero attached hydrogens (tertiary/aromatic N) is 2. The topological polar surface area (TPSA) is 65.8 Å². The minimum atomic E-state index is -0.0945. The molecule has 0 unspecified atom stereocenters. The molecule has 3 rings (SSSR count). The van der Waals surface area contributed by atoms with Crippen LogP contribution in [0.5, 0.6) is 0 Å². The van der Waals surface area contributed by atoms with Crippen LogP contribution >= 0.6 is 22.6 Å². The number of carbonyl (C=O) groups excluding carboxylic acids is 2. The number of nitrogens with one attached hydrogen (secondary N) is 1. The van der Waals surface area contributed by atoms with Crippen molar-refractivity contribution in [3.63, 3.8) is 0 Å². The molecular formula is C17H18IN3O3. The Hall–Kier alpha value is -1.87. The zero-order chi connectivity index (χ0) is 16.9. The molecule has 1 aromatic heterocycles. The maximum atomic E-state index is 12.2. The molecule has 0 saturated carbocycles. The predicted molar refractivity (Wildman–Crippen MR) is 98.8 cm³/mol. The fourth-order valence-electron chi connectivity index (χ4n) is 2.64. The van der Waals surface area contributed by atoms with Crippen molar-refractivity contribution in [3.8, 4) is 0 Å². The highest BCUT2D eigenvalue weighted by atomic mass is 127. The van der Waals surface area contributed by atoms with E-state index in [0.717, 1.165) is 9.26 Å². The van der Waals surface area contributed by atoms with Gasteiger partial charge in [-0.15, -0.1) is 0 Å². The normalized spacial score (nSPS) is 15.3. The van der Waals surface area contributed by atoms with Crippen LogP contribution in [0.4, 0.5) is 5.69 Å². The first kappa shape index (κ1) is 17.0. The van der Waals surface area contributed by atoms with Crippen LogP contribution in [0, 0.1) is 3.57 Å². The molecule has 126 valence electrons. The molecule has 0 atom stereocenters. The number of benzene rings is 1. The third-order valence-corrected chi connectivity index (χ3v) is 4.54. The highest BCUT2D eigenvalue weighted by Gasteiger charge is 2.24. The minimum Gasteiger partial charge on any atom is -0.459 e. The van der Waals surface area contributed by atoms with Crippen LogP contribution in [-0.4, -0.2) is 54.3 Å². The summed E-state index contributed by atoms with van der Waals surface area (Å²) in [5.74, 6) is 0.227. The molecule has 1 fully saturated rings. The summed E-state index contributed by atoms with van der Waals surface area (Å²) in [5.41, 5.74) is 0.804. The summed E-state index contributed by atoms with van der Waals surface area (Å²) in [6, 6.07) is 11.1. The van der Waals surface area contributed by atoms with Crippen LogP contribution in [0.1, 0.15) is 10.6 Å².